The molecule has 3 aromatic carbocycles. The number of carbonyl (C=O) groups excluding carboxylic acids is 2. The van der Waals surface area contributed by atoms with Gasteiger partial charge in [0.15, 0.2) is 6.61 Å². The van der Waals surface area contributed by atoms with E-state index in [1.807, 2.05) is 68.4 Å². The van der Waals surface area contributed by atoms with E-state index in [1.165, 1.54) is 16.5 Å². The Labute approximate surface area is 213 Å². The molecular formula is C30H35FN2O3. The first-order chi connectivity index (χ1) is 17.4. The predicted molar refractivity (Wildman–Crippen MR) is 140 cm³/mol. The maximum Gasteiger partial charge on any atom is 0.261 e. The van der Waals surface area contributed by atoms with Crippen LogP contribution in [-0.4, -0.2) is 35.4 Å². The lowest BCUT2D eigenvalue weighted by molar-refractivity contribution is -0.143. The molecule has 2 atom stereocenters. The van der Waals surface area contributed by atoms with Crippen LogP contribution in [0.2, 0.25) is 0 Å². The zero-order valence-corrected chi connectivity index (χ0v) is 21.2. The smallest absolute Gasteiger partial charge is 0.261 e. The van der Waals surface area contributed by atoms with Crippen molar-refractivity contribution in [1.82, 2.24) is 10.2 Å². The zero-order valence-electron chi connectivity index (χ0n) is 21.2. The Morgan fingerprint density at radius 2 is 1.58 bits per heavy atom. The van der Waals surface area contributed by atoms with Crippen molar-refractivity contribution in [2.75, 3.05) is 6.61 Å². The van der Waals surface area contributed by atoms with Crippen LogP contribution in [0, 0.1) is 5.82 Å². The third-order valence-corrected chi connectivity index (χ3v) is 6.26. The van der Waals surface area contributed by atoms with Crippen LogP contribution in [0.25, 0.3) is 0 Å². The van der Waals surface area contributed by atoms with E-state index in [2.05, 4.69) is 12.2 Å². The fourth-order valence-electron chi connectivity index (χ4n) is 3.85. The highest BCUT2D eigenvalue weighted by molar-refractivity contribution is 5.88. The van der Waals surface area contributed by atoms with Crippen molar-refractivity contribution in [2.24, 2.45) is 0 Å². The molecule has 0 bridgehead atoms. The first kappa shape index (κ1) is 26.9. The topological polar surface area (TPSA) is 58.6 Å². The van der Waals surface area contributed by atoms with Gasteiger partial charge in [-0.1, -0.05) is 74.5 Å². The molecule has 0 saturated heterocycles. The van der Waals surface area contributed by atoms with E-state index in [0.29, 0.717) is 17.7 Å². The van der Waals surface area contributed by atoms with E-state index in [1.54, 1.807) is 18.2 Å². The molecule has 0 aliphatic heterocycles. The number of benzene rings is 3. The van der Waals surface area contributed by atoms with Gasteiger partial charge in [-0.15, -0.1) is 0 Å². The van der Waals surface area contributed by atoms with Gasteiger partial charge < -0.3 is 15.0 Å². The van der Waals surface area contributed by atoms with E-state index in [0.717, 1.165) is 18.4 Å². The minimum atomic E-state index is -0.834. The van der Waals surface area contributed by atoms with Crippen molar-refractivity contribution >= 4 is 11.8 Å². The van der Waals surface area contributed by atoms with E-state index < -0.39 is 17.8 Å². The predicted octanol–water partition coefficient (Wildman–Crippen LogP) is 5.32. The standard InChI is InChI=1S/C30H35FN2O3/c1-4-22(3)32-30(35)28(19-24-11-7-6-8-12-24)33(20-25-13-9-10-14-27(25)31)29(34)21-36-26-17-15-23(5-2)16-18-26/h6-18,22,28H,4-5,19-21H2,1-3H3,(H,32,35)/t22-,28-/m0/s1. The molecule has 0 aliphatic rings. The molecule has 190 valence electrons. The number of halogens is 1. The third kappa shape index (κ3) is 7.67. The number of hydrogen-bond acceptors (Lipinski definition) is 3. The van der Waals surface area contributed by atoms with Gasteiger partial charge in [0.05, 0.1) is 0 Å². The van der Waals surface area contributed by atoms with Crippen LogP contribution in [0.15, 0.2) is 78.9 Å². The third-order valence-electron chi connectivity index (χ3n) is 6.26. The van der Waals surface area contributed by atoms with Gasteiger partial charge in [0.1, 0.15) is 17.6 Å². The van der Waals surface area contributed by atoms with Crippen LogP contribution in [0.5, 0.6) is 5.75 Å². The first-order valence-corrected chi connectivity index (χ1v) is 12.5. The van der Waals surface area contributed by atoms with Crippen molar-refractivity contribution in [2.45, 2.75) is 58.7 Å². The Morgan fingerprint density at radius 3 is 2.22 bits per heavy atom. The van der Waals surface area contributed by atoms with Crippen LogP contribution >= 0.6 is 0 Å². The monoisotopic (exact) mass is 490 g/mol. The highest BCUT2D eigenvalue weighted by Gasteiger charge is 2.31. The largest absolute Gasteiger partial charge is 0.484 e. The zero-order chi connectivity index (χ0) is 25.9. The highest BCUT2D eigenvalue weighted by Crippen LogP contribution is 2.18. The van der Waals surface area contributed by atoms with Gasteiger partial charge in [-0.05, 0) is 49.1 Å². The fourth-order valence-corrected chi connectivity index (χ4v) is 3.85. The summed E-state index contributed by atoms with van der Waals surface area (Å²) in [7, 11) is 0. The summed E-state index contributed by atoms with van der Waals surface area (Å²) in [4.78, 5) is 28.4. The summed E-state index contributed by atoms with van der Waals surface area (Å²) < 4.78 is 20.4. The average molecular weight is 491 g/mol. The van der Waals surface area contributed by atoms with Crippen molar-refractivity contribution in [3.63, 3.8) is 0 Å². The number of ether oxygens (including phenoxy) is 1. The molecule has 3 rings (SSSR count). The van der Waals surface area contributed by atoms with Crippen LogP contribution in [0.3, 0.4) is 0 Å². The molecule has 3 aromatic rings. The summed E-state index contributed by atoms with van der Waals surface area (Å²) in [6, 6.07) is 22.5. The van der Waals surface area contributed by atoms with Crippen LogP contribution in [0.1, 0.15) is 43.9 Å². The summed E-state index contributed by atoms with van der Waals surface area (Å²) in [5.74, 6) is -0.523. The van der Waals surface area contributed by atoms with Gasteiger partial charge in [-0.3, -0.25) is 9.59 Å². The molecule has 0 saturated carbocycles. The lowest BCUT2D eigenvalue weighted by Crippen LogP contribution is -2.53. The Balaban J connectivity index is 1.90. The number of carbonyl (C=O) groups is 2. The lowest BCUT2D eigenvalue weighted by Gasteiger charge is -2.32. The summed E-state index contributed by atoms with van der Waals surface area (Å²) in [6.07, 6.45) is 1.96. The number of amides is 2. The molecule has 5 nitrogen and oxygen atoms in total. The van der Waals surface area contributed by atoms with Crippen molar-refractivity contribution in [3.05, 3.63) is 101 Å². The molecule has 0 unspecified atom stereocenters. The van der Waals surface area contributed by atoms with Crippen molar-refractivity contribution in [1.29, 1.82) is 0 Å². The Bertz CT molecular complexity index is 1120. The summed E-state index contributed by atoms with van der Waals surface area (Å²) >= 11 is 0. The van der Waals surface area contributed by atoms with E-state index >= 15 is 0 Å². The Kier molecular flexibility index (Phi) is 10.0. The lowest BCUT2D eigenvalue weighted by atomic mass is 10.0. The van der Waals surface area contributed by atoms with Crippen LogP contribution in [-0.2, 0) is 29.0 Å². The second-order valence-corrected chi connectivity index (χ2v) is 8.92. The maximum absolute atomic E-state index is 14.6. The number of nitrogens with one attached hydrogen (secondary N) is 1. The molecule has 0 aromatic heterocycles. The summed E-state index contributed by atoms with van der Waals surface area (Å²) in [6.45, 7) is 5.66. The Morgan fingerprint density at radius 1 is 0.917 bits per heavy atom. The molecule has 0 radical (unpaired) electrons. The van der Waals surface area contributed by atoms with Crippen molar-refractivity contribution in [3.8, 4) is 5.75 Å². The number of rotatable bonds is 12. The van der Waals surface area contributed by atoms with Gasteiger partial charge in [-0.25, -0.2) is 4.39 Å². The highest BCUT2D eigenvalue weighted by atomic mass is 19.1. The SMILES string of the molecule is CCc1ccc(OCC(=O)N(Cc2ccccc2F)[C@@H](Cc2ccccc2)C(=O)N[C@@H](C)CC)cc1. The van der Waals surface area contributed by atoms with Crippen LogP contribution < -0.4 is 10.1 Å². The summed E-state index contributed by atoms with van der Waals surface area (Å²) in [5.41, 5.74) is 2.41. The molecule has 2 amide bonds. The van der Waals surface area contributed by atoms with Gasteiger partial charge in [0.25, 0.3) is 5.91 Å². The van der Waals surface area contributed by atoms with Gasteiger partial charge in [0.2, 0.25) is 5.91 Å². The molecule has 1 N–H and O–H groups in total. The van der Waals surface area contributed by atoms with Crippen LogP contribution in [0.4, 0.5) is 4.39 Å². The number of aryl methyl sites for hydroxylation is 1. The minimum Gasteiger partial charge on any atom is -0.484 e. The van der Waals surface area contributed by atoms with E-state index in [4.69, 9.17) is 4.74 Å². The normalized spacial score (nSPS) is 12.4. The van der Waals surface area contributed by atoms with Gasteiger partial charge in [-0.2, -0.15) is 0 Å². The molecule has 0 spiro atoms. The van der Waals surface area contributed by atoms with Gasteiger partial charge >= 0.3 is 0 Å². The molecule has 0 fully saturated rings. The second kappa shape index (κ2) is 13.4. The summed E-state index contributed by atoms with van der Waals surface area (Å²) in [5, 5.41) is 3.00. The molecule has 36 heavy (non-hydrogen) atoms. The minimum absolute atomic E-state index is 0.0466. The molecule has 0 heterocycles. The van der Waals surface area contributed by atoms with E-state index in [9.17, 15) is 14.0 Å². The first-order valence-electron chi connectivity index (χ1n) is 12.5. The number of nitrogens with zero attached hydrogens (tertiary/aromatic N) is 1. The number of hydrogen-bond donors (Lipinski definition) is 1. The molecular weight excluding hydrogens is 455 g/mol. The van der Waals surface area contributed by atoms with E-state index in [-0.39, 0.29) is 25.1 Å². The maximum atomic E-state index is 14.6. The molecule has 6 heteroatoms. The molecule has 0 aliphatic carbocycles. The van der Waals surface area contributed by atoms with Crippen molar-refractivity contribution < 1.29 is 18.7 Å². The average Bonchev–Trinajstić information content (AvgIpc) is 2.91. The second-order valence-electron chi connectivity index (χ2n) is 8.92. The quantitative estimate of drug-likeness (QED) is 0.374. The van der Waals surface area contributed by atoms with Gasteiger partial charge in [0, 0.05) is 24.6 Å². The fraction of sp³-hybridized carbons (Fsp3) is 0.333. The Hall–Kier alpha value is -3.67.